The van der Waals surface area contributed by atoms with Crippen LogP contribution in [0.2, 0.25) is 0 Å². The maximum Gasteiger partial charge on any atom is 0.271 e. The van der Waals surface area contributed by atoms with Crippen molar-refractivity contribution in [3.8, 4) is 0 Å². The molecule has 2 rings (SSSR count). The van der Waals surface area contributed by atoms with E-state index in [-0.39, 0.29) is 22.9 Å². The van der Waals surface area contributed by atoms with Gasteiger partial charge in [-0.2, -0.15) is 0 Å². The third-order valence-electron chi connectivity index (χ3n) is 3.95. The summed E-state index contributed by atoms with van der Waals surface area (Å²) in [6.45, 7) is 3.22. The molecular formula is C17H19N3O5S. The zero-order chi connectivity index (χ0) is 19.5. The van der Waals surface area contributed by atoms with Crippen LogP contribution in [0.1, 0.15) is 16.7 Å². The molecular weight excluding hydrogens is 358 g/mol. The first kappa shape index (κ1) is 19.4. The third kappa shape index (κ3) is 4.37. The SMILES string of the molecule is CNC(=O)Cc1ccc(NS(=O)(=O)c2cc([N+](=O)[O-])cc(C)c2C)cc1. The predicted molar refractivity (Wildman–Crippen MR) is 97.6 cm³/mol. The molecule has 26 heavy (non-hydrogen) atoms. The fourth-order valence-corrected chi connectivity index (χ4v) is 3.76. The van der Waals surface area contributed by atoms with E-state index in [0.717, 1.165) is 11.6 Å². The molecule has 2 aromatic rings. The smallest absolute Gasteiger partial charge is 0.271 e. The van der Waals surface area contributed by atoms with Crippen LogP contribution >= 0.6 is 0 Å². The molecule has 0 heterocycles. The summed E-state index contributed by atoms with van der Waals surface area (Å²) in [5.41, 5.74) is 1.71. The van der Waals surface area contributed by atoms with Gasteiger partial charge in [0, 0.05) is 24.9 Å². The van der Waals surface area contributed by atoms with Crippen molar-refractivity contribution in [3.63, 3.8) is 0 Å². The van der Waals surface area contributed by atoms with Crippen molar-refractivity contribution in [1.82, 2.24) is 5.32 Å². The number of benzene rings is 2. The zero-order valence-electron chi connectivity index (χ0n) is 14.6. The number of nitrogens with one attached hydrogen (secondary N) is 2. The van der Waals surface area contributed by atoms with E-state index in [1.807, 2.05) is 0 Å². The van der Waals surface area contributed by atoms with Crippen molar-refractivity contribution in [2.75, 3.05) is 11.8 Å². The first-order valence-electron chi connectivity index (χ1n) is 7.72. The lowest BCUT2D eigenvalue weighted by atomic mass is 10.1. The summed E-state index contributed by atoms with van der Waals surface area (Å²) in [6, 6.07) is 8.73. The Hall–Kier alpha value is -2.94. The number of hydrogen-bond acceptors (Lipinski definition) is 5. The Morgan fingerprint density at radius 1 is 1.15 bits per heavy atom. The molecule has 0 radical (unpaired) electrons. The molecule has 8 nitrogen and oxygen atoms in total. The number of likely N-dealkylation sites (N-methyl/N-ethyl adjacent to an activating group) is 1. The number of nitro groups is 1. The largest absolute Gasteiger partial charge is 0.359 e. The molecule has 0 aromatic heterocycles. The number of sulfonamides is 1. The van der Waals surface area contributed by atoms with Crippen LogP contribution < -0.4 is 10.0 Å². The van der Waals surface area contributed by atoms with Gasteiger partial charge >= 0.3 is 0 Å². The molecule has 138 valence electrons. The minimum atomic E-state index is -4.00. The number of aryl methyl sites for hydroxylation is 1. The molecule has 0 saturated heterocycles. The minimum Gasteiger partial charge on any atom is -0.359 e. The van der Waals surface area contributed by atoms with E-state index >= 15 is 0 Å². The van der Waals surface area contributed by atoms with Crippen LogP contribution in [0.5, 0.6) is 0 Å². The van der Waals surface area contributed by atoms with Crippen LogP contribution in [0.4, 0.5) is 11.4 Å². The summed E-state index contributed by atoms with van der Waals surface area (Å²) in [5, 5.41) is 13.5. The molecule has 0 saturated carbocycles. The summed E-state index contributed by atoms with van der Waals surface area (Å²) in [5.74, 6) is -0.152. The molecule has 0 aliphatic rings. The monoisotopic (exact) mass is 377 g/mol. The summed E-state index contributed by atoms with van der Waals surface area (Å²) in [7, 11) is -2.46. The first-order chi connectivity index (χ1) is 12.1. The van der Waals surface area contributed by atoms with Gasteiger partial charge in [0.05, 0.1) is 16.2 Å². The number of carbonyl (C=O) groups excluding carboxylic acids is 1. The number of carbonyl (C=O) groups is 1. The van der Waals surface area contributed by atoms with Crippen molar-refractivity contribution in [3.05, 3.63) is 63.2 Å². The maximum absolute atomic E-state index is 12.7. The topological polar surface area (TPSA) is 118 Å². The Balaban J connectivity index is 2.32. The van der Waals surface area contributed by atoms with Crippen LogP contribution in [-0.2, 0) is 21.2 Å². The highest BCUT2D eigenvalue weighted by Crippen LogP contribution is 2.27. The van der Waals surface area contributed by atoms with Crippen LogP contribution in [0, 0.1) is 24.0 Å². The lowest BCUT2D eigenvalue weighted by molar-refractivity contribution is -0.385. The number of nitrogens with zero attached hydrogens (tertiary/aromatic N) is 1. The second-order valence-electron chi connectivity index (χ2n) is 5.80. The van der Waals surface area contributed by atoms with Crippen LogP contribution in [0.15, 0.2) is 41.3 Å². The second kappa shape index (κ2) is 7.52. The fraction of sp³-hybridized carbons (Fsp3) is 0.235. The highest BCUT2D eigenvalue weighted by molar-refractivity contribution is 7.92. The van der Waals surface area contributed by atoms with Gasteiger partial charge in [-0.1, -0.05) is 12.1 Å². The molecule has 1 amide bonds. The quantitative estimate of drug-likeness (QED) is 0.591. The van der Waals surface area contributed by atoms with E-state index in [4.69, 9.17) is 0 Å². The Kier molecular flexibility index (Phi) is 5.61. The number of rotatable bonds is 6. The van der Waals surface area contributed by atoms with Crippen molar-refractivity contribution < 1.29 is 18.1 Å². The Labute approximate surface area is 151 Å². The van der Waals surface area contributed by atoms with Gasteiger partial charge in [-0.05, 0) is 42.7 Å². The van der Waals surface area contributed by atoms with Gasteiger partial charge in [0.1, 0.15) is 0 Å². The second-order valence-corrected chi connectivity index (χ2v) is 7.45. The molecule has 0 spiro atoms. The van der Waals surface area contributed by atoms with E-state index in [1.54, 1.807) is 26.0 Å². The van der Waals surface area contributed by atoms with E-state index in [9.17, 15) is 23.3 Å². The standard InChI is InChI=1S/C17H19N3O5S/c1-11-8-15(20(22)23)10-16(12(11)2)26(24,25)19-14-6-4-13(5-7-14)9-17(21)18-3/h4-8,10,19H,9H2,1-3H3,(H,18,21). The Morgan fingerprint density at radius 3 is 2.31 bits per heavy atom. The lowest BCUT2D eigenvalue weighted by Crippen LogP contribution is -2.20. The minimum absolute atomic E-state index is 0.140. The van der Waals surface area contributed by atoms with Gasteiger partial charge in [-0.3, -0.25) is 19.6 Å². The number of nitro benzene ring substituents is 1. The van der Waals surface area contributed by atoms with Gasteiger partial charge in [0.2, 0.25) is 5.91 Å². The maximum atomic E-state index is 12.7. The van der Waals surface area contributed by atoms with Crippen molar-refractivity contribution in [2.24, 2.45) is 0 Å². The van der Waals surface area contributed by atoms with E-state index in [2.05, 4.69) is 10.0 Å². The molecule has 0 bridgehead atoms. The summed E-state index contributed by atoms with van der Waals surface area (Å²) in [6.07, 6.45) is 0.187. The predicted octanol–water partition coefficient (Wildman–Crippen LogP) is 2.30. The van der Waals surface area contributed by atoms with Crippen LogP contribution in [0.25, 0.3) is 0 Å². The molecule has 0 aliphatic carbocycles. The van der Waals surface area contributed by atoms with Crippen molar-refractivity contribution in [1.29, 1.82) is 0 Å². The number of amides is 1. The Morgan fingerprint density at radius 2 is 1.77 bits per heavy atom. The molecule has 0 unspecified atom stereocenters. The van der Waals surface area contributed by atoms with E-state index < -0.39 is 14.9 Å². The van der Waals surface area contributed by atoms with Crippen LogP contribution in [-0.4, -0.2) is 26.3 Å². The Bertz CT molecular complexity index is 953. The average molecular weight is 377 g/mol. The molecule has 0 aliphatic heterocycles. The molecule has 0 atom stereocenters. The van der Waals surface area contributed by atoms with E-state index in [1.165, 1.54) is 25.2 Å². The van der Waals surface area contributed by atoms with E-state index in [0.29, 0.717) is 16.8 Å². The molecule has 2 aromatic carbocycles. The highest BCUT2D eigenvalue weighted by Gasteiger charge is 2.22. The summed E-state index contributed by atoms with van der Waals surface area (Å²) < 4.78 is 27.7. The van der Waals surface area contributed by atoms with Gasteiger partial charge in [0.15, 0.2) is 0 Å². The normalized spacial score (nSPS) is 11.0. The fourth-order valence-electron chi connectivity index (χ4n) is 2.37. The summed E-state index contributed by atoms with van der Waals surface area (Å²) in [4.78, 5) is 21.6. The zero-order valence-corrected chi connectivity index (χ0v) is 15.4. The number of anilines is 1. The first-order valence-corrected chi connectivity index (χ1v) is 9.20. The van der Waals surface area contributed by atoms with Gasteiger partial charge in [-0.15, -0.1) is 0 Å². The van der Waals surface area contributed by atoms with Gasteiger partial charge in [0.25, 0.3) is 15.7 Å². The third-order valence-corrected chi connectivity index (χ3v) is 5.46. The molecule has 2 N–H and O–H groups in total. The van der Waals surface area contributed by atoms with Gasteiger partial charge in [-0.25, -0.2) is 8.42 Å². The molecule has 0 fully saturated rings. The average Bonchev–Trinajstić information content (AvgIpc) is 2.58. The summed E-state index contributed by atoms with van der Waals surface area (Å²) >= 11 is 0. The van der Waals surface area contributed by atoms with Gasteiger partial charge < -0.3 is 5.32 Å². The van der Waals surface area contributed by atoms with Crippen molar-refractivity contribution >= 4 is 27.3 Å². The molecule has 9 heteroatoms. The highest BCUT2D eigenvalue weighted by atomic mass is 32.2. The number of non-ortho nitro benzene ring substituents is 1. The number of hydrogen-bond donors (Lipinski definition) is 2. The lowest BCUT2D eigenvalue weighted by Gasteiger charge is -2.12. The van der Waals surface area contributed by atoms with Crippen LogP contribution in [0.3, 0.4) is 0 Å². The van der Waals surface area contributed by atoms with Crippen molar-refractivity contribution in [2.45, 2.75) is 25.2 Å².